The minimum absolute atomic E-state index is 0.901. The summed E-state index contributed by atoms with van der Waals surface area (Å²) in [6.45, 7) is 0. The van der Waals surface area contributed by atoms with Crippen LogP contribution >= 0.6 is 22.7 Å². The van der Waals surface area contributed by atoms with E-state index in [9.17, 15) is 0 Å². The van der Waals surface area contributed by atoms with E-state index in [2.05, 4.69) is 89.2 Å². The van der Waals surface area contributed by atoms with Gasteiger partial charge in [0.2, 0.25) is 0 Å². The van der Waals surface area contributed by atoms with Crippen molar-refractivity contribution in [2.45, 2.75) is 0 Å². The van der Waals surface area contributed by atoms with Gasteiger partial charge in [-0.15, -0.1) is 22.7 Å². The van der Waals surface area contributed by atoms with E-state index in [1.165, 1.54) is 36.0 Å². The molecule has 170 valence electrons. The van der Waals surface area contributed by atoms with Gasteiger partial charge in [-0.1, -0.05) is 42.5 Å². The van der Waals surface area contributed by atoms with Gasteiger partial charge >= 0.3 is 0 Å². The van der Waals surface area contributed by atoms with Gasteiger partial charge in [0.25, 0.3) is 0 Å². The van der Waals surface area contributed by atoms with Crippen LogP contribution < -0.4 is 5.32 Å². The third-order valence-corrected chi connectivity index (χ3v) is 8.81. The van der Waals surface area contributed by atoms with Crippen LogP contribution in [0.3, 0.4) is 0 Å². The van der Waals surface area contributed by atoms with Crippen molar-refractivity contribution in [3.63, 3.8) is 0 Å². The number of hydrogen-bond acceptors (Lipinski definition) is 5. The fourth-order valence-electron chi connectivity index (χ4n) is 5.11. The van der Waals surface area contributed by atoms with E-state index in [1.807, 2.05) is 35.0 Å². The van der Waals surface area contributed by atoms with Crippen LogP contribution in [0.1, 0.15) is 0 Å². The Labute approximate surface area is 214 Å². The Kier molecular flexibility index (Phi) is 4.26. The van der Waals surface area contributed by atoms with Crippen molar-refractivity contribution >= 4 is 86.4 Å². The predicted octanol–water partition coefficient (Wildman–Crippen LogP) is 9.97. The van der Waals surface area contributed by atoms with Gasteiger partial charge < -0.3 is 9.73 Å². The summed E-state index contributed by atoms with van der Waals surface area (Å²) >= 11 is 3.53. The summed E-state index contributed by atoms with van der Waals surface area (Å²) in [4.78, 5) is 4.56. The van der Waals surface area contributed by atoms with E-state index in [-0.39, 0.29) is 0 Å². The lowest BCUT2D eigenvalue weighted by atomic mass is 10.0. The molecule has 0 aliphatic heterocycles. The van der Waals surface area contributed by atoms with Crippen molar-refractivity contribution in [3.8, 4) is 11.1 Å². The number of fused-ring (bicyclic) bond motifs is 7. The van der Waals surface area contributed by atoms with Crippen molar-refractivity contribution in [1.82, 2.24) is 4.98 Å². The van der Waals surface area contributed by atoms with Gasteiger partial charge in [-0.3, -0.25) is 0 Å². The number of nitrogens with zero attached hydrogens (tertiary/aromatic N) is 1. The first-order valence-corrected chi connectivity index (χ1v) is 13.5. The number of para-hydroxylation sites is 1. The van der Waals surface area contributed by atoms with Gasteiger partial charge in [0.1, 0.15) is 11.2 Å². The molecule has 5 aromatic carbocycles. The molecule has 0 aliphatic rings. The summed E-state index contributed by atoms with van der Waals surface area (Å²) in [6, 6.07) is 34.3. The van der Waals surface area contributed by atoms with Crippen LogP contribution in [0.5, 0.6) is 0 Å². The molecule has 3 heterocycles. The lowest BCUT2D eigenvalue weighted by Gasteiger charge is -2.11. The lowest BCUT2D eigenvalue weighted by molar-refractivity contribution is 0.669. The Bertz CT molecular complexity index is 2100. The average molecular weight is 499 g/mol. The maximum absolute atomic E-state index is 6.03. The highest BCUT2D eigenvalue weighted by Gasteiger charge is 2.14. The van der Waals surface area contributed by atoms with Crippen LogP contribution in [0, 0.1) is 0 Å². The van der Waals surface area contributed by atoms with Gasteiger partial charge in [0, 0.05) is 47.9 Å². The lowest BCUT2D eigenvalue weighted by Crippen LogP contribution is -1.91. The second kappa shape index (κ2) is 7.65. The number of anilines is 2. The number of furan rings is 1. The van der Waals surface area contributed by atoms with Gasteiger partial charge in [0.05, 0.1) is 15.7 Å². The van der Waals surface area contributed by atoms with Crippen LogP contribution in [0.2, 0.25) is 0 Å². The quantitative estimate of drug-likeness (QED) is 0.263. The van der Waals surface area contributed by atoms with Gasteiger partial charge in [-0.05, 0) is 60.2 Å². The first-order valence-electron chi connectivity index (χ1n) is 11.8. The molecule has 0 aliphatic carbocycles. The van der Waals surface area contributed by atoms with Crippen molar-refractivity contribution in [3.05, 3.63) is 103 Å². The molecule has 0 unspecified atom stereocenters. The van der Waals surface area contributed by atoms with Crippen LogP contribution in [0.4, 0.5) is 11.4 Å². The van der Waals surface area contributed by atoms with Crippen LogP contribution in [0.15, 0.2) is 107 Å². The molecular weight excluding hydrogens is 480 g/mol. The number of benzene rings is 5. The molecule has 0 spiro atoms. The van der Waals surface area contributed by atoms with E-state index in [0.29, 0.717) is 0 Å². The molecule has 8 rings (SSSR count). The Morgan fingerprint density at radius 2 is 1.47 bits per heavy atom. The summed E-state index contributed by atoms with van der Waals surface area (Å²) < 4.78 is 9.83. The van der Waals surface area contributed by atoms with Crippen LogP contribution in [-0.2, 0) is 0 Å². The van der Waals surface area contributed by atoms with Gasteiger partial charge in [0.15, 0.2) is 0 Å². The monoisotopic (exact) mass is 498 g/mol. The zero-order valence-electron chi connectivity index (χ0n) is 19.0. The number of hydrogen-bond donors (Lipinski definition) is 1. The SMILES string of the molecule is c1ccc2c(c1)oc1ccc(Nc3cc(-c4ccc5scnc5c4)c4sc5ccccc5c4c3)cc12. The zero-order chi connectivity index (χ0) is 23.6. The molecule has 1 N–H and O–H groups in total. The molecular formula is C31H18N2OS2. The van der Waals surface area contributed by atoms with E-state index in [0.717, 1.165) is 38.8 Å². The van der Waals surface area contributed by atoms with Gasteiger partial charge in [-0.25, -0.2) is 4.98 Å². The molecule has 5 heteroatoms. The van der Waals surface area contributed by atoms with Crippen LogP contribution in [-0.4, -0.2) is 4.98 Å². The molecule has 0 bridgehead atoms. The number of thiazole rings is 1. The van der Waals surface area contributed by atoms with Crippen molar-refractivity contribution in [1.29, 1.82) is 0 Å². The Hall–Kier alpha value is -4.19. The zero-order valence-corrected chi connectivity index (χ0v) is 20.6. The number of aromatic nitrogens is 1. The standard InChI is InChI=1S/C31H18N2OS2/c1-3-7-27-21(5-1)24-14-19(10-11-28(24)34-27)33-20-15-23(18-9-12-30-26(13-18)32-17-35-30)31-25(16-20)22-6-2-4-8-29(22)36-31/h1-17,33H. The van der Waals surface area contributed by atoms with Crippen molar-refractivity contribution < 1.29 is 4.42 Å². The molecule has 0 saturated carbocycles. The topological polar surface area (TPSA) is 38.1 Å². The second-order valence-corrected chi connectivity index (χ2v) is 10.9. The average Bonchev–Trinajstić information content (AvgIpc) is 3.63. The number of nitrogens with one attached hydrogen (secondary N) is 1. The van der Waals surface area contributed by atoms with E-state index < -0.39 is 0 Å². The Balaban J connectivity index is 1.33. The maximum Gasteiger partial charge on any atom is 0.135 e. The van der Waals surface area contributed by atoms with Crippen molar-refractivity contribution in [2.24, 2.45) is 0 Å². The second-order valence-electron chi connectivity index (χ2n) is 8.97. The third-order valence-electron chi connectivity index (χ3n) is 6.78. The van der Waals surface area contributed by atoms with E-state index in [4.69, 9.17) is 4.42 Å². The fraction of sp³-hybridized carbons (Fsp3) is 0. The summed E-state index contributed by atoms with van der Waals surface area (Å²) in [5.41, 5.74) is 9.28. The van der Waals surface area contributed by atoms with E-state index in [1.54, 1.807) is 11.3 Å². The smallest absolute Gasteiger partial charge is 0.135 e. The minimum atomic E-state index is 0.901. The first-order chi connectivity index (χ1) is 17.8. The highest BCUT2D eigenvalue weighted by Crippen LogP contribution is 2.43. The minimum Gasteiger partial charge on any atom is -0.456 e. The largest absolute Gasteiger partial charge is 0.456 e. The number of thiophene rings is 1. The molecule has 3 aromatic heterocycles. The predicted molar refractivity (Wildman–Crippen MR) is 155 cm³/mol. The van der Waals surface area contributed by atoms with Crippen LogP contribution in [0.25, 0.3) is 63.5 Å². The molecule has 0 amide bonds. The summed E-state index contributed by atoms with van der Waals surface area (Å²) in [5, 5.41) is 8.49. The highest BCUT2D eigenvalue weighted by molar-refractivity contribution is 7.26. The Morgan fingerprint density at radius 3 is 2.44 bits per heavy atom. The molecule has 0 fully saturated rings. The highest BCUT2D eigenvalue weighted by atomic mass is 32.1. The molecule has 0 atom stereocenters. The number of rotatable bonds is 3. The molecule has 36 heavy (non-hydrogen) atoms. The molecule has 3 nitrogen and oxygen atoms in total. The maximum atomic E-state index is 6.03. The summed E-state index contributed by atoms with van der Waals surface area (Å²) in [7, 11) is 0. The van der Waals surface area contributed by atoms with Gasteiger partial charge in [-0.2, -0.15) is 0 Å². The molecule has 0 saturated heterocycles. The normalized spacial score (nSPS) is 11.9. The first kappa shape index (κ1) is 20.0. The fourth-order valence-corrected chi connectivity index (χ4v) is 6.99. The molecule has 8 aromatic rings. The molecule has 0 radical (unpaired) electrons. The van der Waals surface area contributed by atoms with E-state index >= 15 is 0 Å². The van der Waals surface area contributed by atoms with Crippen molar-refractivity contribution in [2.75, 3.05) is 5.32 Å². The summed E-state index contributed by atoms with van der Waals surface area (Å²) in [5.74, 6) is 0. The third kappa shape index (κ3) is 3.07. The summed E-state index contributed by atoms with van der Waals surface area (Å²) in [6.07, 6.45) is 0. The Morgan fingerprint density at radius 1 is 0.639 bits per heavy atom.